The van der Waals surface area contributed by atoms with Gasteiger partial charge >= 0.3 is 0 Å². The summed E-state index contributed by atoms with van der Waals surface area (Å²) in [4.78, 5) is 27.0. The van der Waals surface area contributed by atoms with Crippen molar-refractivity contribution in [1.29, 1.82) is 0 Å². The highest BCUT2D eigenvalue weighted by Crippen LogP contribution is 2.21. The number of hydrogen-bond acceptors (Lipinski definition) is 8. The number of nitrogens with zero attached hydrogens (tertiary/aromatic N) is 3. The van der Waals surface area contributed by atoms with E-state index in [0.717, 1.165) is 9.88 Å². The molecule has 0 amide bonds. The van der Waals surface area contributed by atoms with Crippen molar-refractivity contribution in [1.82, 2.24) is 14.5 Å². The minimum absolute atomic E-state index is 0.143. The zero-order valence-corrected chi connectivity index (χ0v) is 15.6. The summed E-state index contributed by atoms with van der Waals surface area (Å²) in [5.41, 5.74) is 2.48. The lowest BCUT2D eigenvalue weighted by Crippen LogP contribution is -2.25. The van der Waals surface area contributed by atoms with Crippen molar-refractivity contribution in [2.24, 2.45) is 0 Å². The Kier molecular flexibility index (Phi) is 4.78. The first kappa shape index (κ1) is 17.8. The van der Waals surface area contributed by atoms with Gasteiger partial charge < -0.3 is 0 Å². The standard InChI is InChI=1S/C14H13ClN4O4S2/c1-8-16-6-9(24-8)7-19-13(20)11-5-10(25(15,21)22)3-4-12(11)17-14(19)18-23-2/h3-6H,7H2,1-2H3,(H,17,18). The first-order valence-electron chi connectivity index (χ1n) is 6.99. The molecule has 11 heteroatoms. The molecular formula is C14H13ClN4O4S2. The van der Waals surface area contributed by atoms with Crippen LogP contribution in [-0.4, -0.2) is 30.1 Å². The second kappa shape index (κ2) is 6.71. The van der Waals surface area contributed by atoms with E-state index >= 15 is 0 Å². The van der Waals surface area contributed by atoms with Gasteiger partial charge in [0.25, 0.3) is 14.6 Å². The largest absolute Gasteiger partial charge is 0.277 e. The summed E-state index contributed by atoms with van der Waals surface area (Å²) >= 11 is 1.45. The normalized spacial score (nSPS) is 11.8. The van der Waals surface area contributed by atoms with E-state index in [1.807, 2.05) is 6.92 Å². The molecule has 132 valence electrons. The number of thiazole rings is 1. The molecule has 0 spiro atoms. The Morgan fingerprint density at radius 3 is 2.76 bits per heavy atom. The first-order valence-corrected chi connectivity index (χ1v) is 10.1. The van der Waals surface area contributed by atoms with Gasteiger partial charge in [0.05, 0.1) is 34.5 Å². The molecule has 0 unspecified atom stereocenters. The van der Waals surface area contributed by atoms with Crippen molar-refractivity contribution in [3.05, 3.63) is 44.6 Å². The number of nitrogens with one attached hydrogen (secondary N) is 1. The molecule has 3 rings (SSSR count). The molecule has 0 saturated heterocycles. The Morgan fingerprint density at radius 2 is 2.16 bits per heavy atom. The molecule has 0 bridgehead atoms. The highest BCUT2D eigenvalue weighted by Gasteiger charge is 2.16. The van der Waals surface area contributed by atoms with Crippen molar-refractivity contribution in [2.75, 3.05) is 12.6 Å². The van der Waals surface area contributed by atoms with Gasteiger partial charge in [0.15, 0.2) is 0 Å². The lowest BCUT2D eigenvalue weighted by atomic mass is 10.2. The minimum atomic E-state index is -3.95. The smallest absolute Gasteiger partial charge is 0.263 e. The zero-order chi connectivity index (χ0) is 18.2. The first-order chi connectivity index (χ1) is 11.8. The van der Waals surface area contributed by atoms with Crippen molar-refractivity contribution < 1.29 is 13.3 Å². The molecule has 1 N–H and O–H groups in total. The van der Waals surface area contributed by atoms with Crippen LogP contribution in [0.15, 0.2) is 34.1 Å². The van der Waals surface area contributed by atoms with Crippen LogP contribution in [0.5, 0.6) is 0 Å². The van der Waals surface area contributed by atoms with Crippen molar-refractivity contribution in [2.45, 2.75) is 18.4 Å². The van der Waals surface area contributed by atoms with Gasteiger partial charge in [-0.15, -0.1) is 11.3 Å². The Labute approximate surface area is 151 Å². The average molecular weight is 401 g/mol. The highest BCUT2D eigenvalue weighted by atomic mass is 35.7. The molecule has 25 heavy (non-hydrogen) atoms. The molecule has 2 heterocycles. The number of halogens is 1. The Morgan fingerprint density at radius 1 is 1.40 bits per heavy atom. The van der Waals surface area contributed by atoms with E-state index in [9.17, 15) is 13.2 Å². The van der Waals surface area contributed by atoms with E-state index in [4.69, 9.17) is 15.5 Å². The van der Waals surface area contributed by atoms with Gasteiger partial charge in [-0.3, -0.25) is 14.2 Å². The summed E-state index contributed by atoms with van der Waals surface area (Å²) in [5, 5.41) is 1.01. The number of hydrogen-bond donors (Lipinski definition) is 1. The van der Waals surface area contributed by atoms with Crippen LogP contribution in [0.3, 0.4) is 0 Å². The minimum Gasteiger partial charge on any atom is -0.277 e. The van der Waals surface area contributed by atoms with Crippen molar-refractivity contribution in [3.8, 4) is 0 Å². The van der Waals surface area contributed by atoms with Crippen LogP contribution in [0.4, 0.5) is 5.95 Å². The fourth-order valence-corrected chi connectivity index (χ4v) is 3.86. The van der Waals surface area contributed by atoms with Gasteiger partial charge in [-0.2, -0.15) is 0 Å². The van der Waals surface area contributed by atoms with Gasteiger partial charge in [0.1, 0.15) is 0 Å². The second-order valence-corrected chi connectivity index (χ2v) is 8.98. The SMILES string of the molecule is CONc1nc2ccc(S(=O)(=O)Cl)cc2c(=O)n1Cc1cnc(C)s1. The third-order valence-electron chi connectivity index (χ3n) is 3.38. The molecule has 0 saturated carbocycles. The van der Waals surface area contributed by atoms with Crippen LogP contribution >= 0.6 is 22.0 Å². The summed E-state index contributed by atoms with van der Waals surface area (Å²) in [6, 6.07) is 3.94. The summed E-state index contributed by atoms with van der Waals surface area (Å²) in [6.07, 6.45) is 1.67. The highest BCUT2D eigenvalue weighted by molar-refractivity contribution is 8.13. The van der Waals surface area contributed by atoms with Crippen LogP contribution < -0.4 is 11.0 Å². The number of aryl methyl sites for hydroxylation is 1. The Balaban J connectivity index is 2.23. The summed E-state index contributed by atoms with van der Waals surface area (Å²) in [7, 11) is 2.82. The van der Waals surface area contributed by atoms with Crippen molar-refractivity contribution in [3.63, 3.8) is 0 Å². The summed E-state index contributed by atoms with van der Waals surface area (Å²) in [5.74, 6) is 0.201. The topological polar surface area (TPSA) is 103 Å². The van der Waals surface area contributed by atoms with Gasteiger partial charge in [0.2, 0.25) is 5.95 Å². The Bertz CT molecular complexity index is 1110. The number of anilines is 1. The predicted octanol–water partition coefficient (Wildman–Crippen LogP) is 2.11. The van der Waals surface area contributed by atoms with E-state index in [1.54, 1.807) is 6.20 Å². The lowest BCUT2D eigenvalue weighted by molar-refractivity contribution is 0.264. The van der Waals surface area contributed by atoms with Crippen molar-refractivity contribution >= 4 is 47.9 Å². The zero-order valence-electron chi connectivity index (χ0n) is 13.2. The maximum atomic E-state index is 12.9. The quantitative estimate of drug-likeness (QED) is 0.516. The van der Waals surface area contributed by atoms with Crippen LogP contribution in [0.1, 0.15) is 9.88 Å². The molecule has 1 aromatic carbocycles. The number of fused-ring (bicyclic) bond motifs is 1. The predicted molar refractivity (Wildman–Crippen MR) is 95.6 cm³/mol. The van der Waals surface area contributed by atoms with E-state index in [-0.39, 0.29) is 22.8 Å². The Hall–Kier alpha value is -2.01. The third kappa shape index (κ3) is 3.66. The summed E-state index contributed by atoms with van der Waals surface area (Å²) in [6.45, 7) is 2.08. The monoisotopic (exact) mass is 400 g/mol. The van der Waals surface area contributed by atoms with Crippen LogP contribution in [0.2, 0.25) is 0 Å². The average Bonchev–Trinajstić information content (AvgIpc) is 2.95. The summed E-state index contributed by atoms with van der Waals surface area (Å²) < 4.78 is 24.4. The molecule has 0 aliphatic carbocycles. The fourth-order valence-electron chi connectivity index (χ4n) is 2.30. The molecule has 0 fully saturated rings. The molecule has 3 aromatic rings. The van der Waals surface area contributed by atoms with E-state index in [1.165, 1.54) is 41.2 Å². The molecule has 0 aliphatic rings. The van der Waals surface area contributed by atoms with E-state index in [2.05, 4.69) is 15.4 Å². The maximum Gasteiger partial charge on any atom is 0.263 e. The van der Waals surface area contributed by atoms with Gasteiger partial charge in [-0.05, 0) is 25.1 Å². The van der Waals surface area contributed by atoms with Crippen LogP contribution in [0.25, 0.3) is 10.9 Å². The maximum absolute atomic E-state index is 12.9. The van der Waals surface area contributed by atoms with Gasteiger partial charge in [-0.25, -0.2) is 23.9 Å². The third-order valence-corrected chi connectivity index (χ3v) is 5.63. The number of benzene rings is 1. The number of rotatable bonds is 5. The molecule has 8 nitrogen and oxygen atoms in total. The molecule has 0 aliphatic heterocycles. The van der Waals surface area contributed by atoms with E-state index < -0.39 is 14.6 Å². The van der Waals surface area contributed by atoms with Crippen LogP contribution in [-0.2, 0) is 20.4 Å². The van der Waals surface area contributed by atoms with Gasteiger partial charge in [-0.1, -0.05) is 0 Å². The van der Waals surface area contributed by atoms with E-state index in [0.29, 0.717) is 5.52 Å². The van der Waals surface area contributed by atoms with Crippen LogP contribution in [0, 0.1) is 6.92 Å². The second-order valence-electron chi connectivity index (χ2n) is 5.10. The molecule has 0 radical (unpaired) electrons. The van der Waals surface area contributed by atoms with Gasteiger partial charge in [0, 0.05) is 21.8 Å². The molecular weight excluding hydrogens is 388 g/mol. The molecule has 0 atom stereocenters. The fraction of sp³-hybridized carbons (Fsp3) is 0.214. The molecule has 2 aromatic heterocycles. The lowest BCUT2D eigenvalue weighted by Gasteiger charge is -2.13. The number of aromatic nitrogens is 3.